The molecule has 2 aromatic rings. The largest absolute Gasteiger partial charge is 0.504 e. The normalized spacial score (nSPS) is 11.8. The number of anilines is 1. The highest BCUT2D eigenvalue weighted by Crippen LogP contribution is 2.41. The van der Waals surface area contributed by atoms with E-state index in [-0.39, 0.29) is 22.3 Å². The fourth-order valence-corrected chi connectivity index (χ4v) is 4.16. The van der Waals surface area contributed by atoms with E-state index in [1.165, 1.54) is 0 Å². The lowest BCUT2D eigenvalue weighted by atomic mass is 9.94. The standard InChI is InChI=1S/C20H28N2O3S/c1-4-5-9-16-12-17(26(24,25)22-13-14(2)3)20(23)19(21)18(16)15-10-7-6-8-11-15/h6-8,10-12,14,22-23H,4-5,9,13,21H2,1-3H3. The number of benzene rings is 2. The van der Waals surface area contributed by atoms with Gasteiger partial charge in [-0.05, 0) is 36.0 Å². The second kappa shape index (κ2) is 8.56. The van der Waals surface area contributed by atoms with Crippen molar-refractivity contribution in [3.63, 3.8) is 0 Å². The molecule has 0 spiro atoms. The second-order valence-electron chi connectivity index (χ2n) is 6.89. The summed E-state index contributed by atoms with van der Waals surface area (Å²) in [6.07, 6.45) is 2.57. The highest BCUT2D eigenvalue weighted by Gasteiger charge is 2.25. The molecule has 0 aliphatic rings. The summed E-state index contributed by atoms with van der Waals surface area (Å²) in [5, 5.41) is 10.5. The van der Waals surface area contributed by atoms with Crippen molar-refractivity contribution >= 4 is 15.7 Å². The van der Waals surface area contributed by atoms with E-state index in [1.54, 1.807) is 6.07 Å². The molecule has 5 nitrogen and oxygen atoms in total. The van der Waals surface area contributed by atoms with Crippen LogP contribution in [-0.4, -0.2) is 20.1 Å². The Kier molecular flexibility index (Phi) is 6.67. The van der Waals surface area contributed by atoms with Gasteiger partial charge in [-0.25, -0.2) is 13.1 Å². The Balaban J connectivity index is 2.61. The molecule has 0 fully saturated rings. The number of nitrogens with two attached hydrogens (primary N) is 1. The number of hydrogen-bond acceptors (Lipinski definition) is 4. The van der Waals surface area contributed by atoms with Gasteiger partial charge in [-0.2, -0.15) is 0 Å². The fraction of sp³-hybridized carbons (Fsp3) is 0.400. The molecule has 26 heavy (non-hydrogen) atoms. The van der Waals surface area contributed by atoms with E-state index in [9.17, 15) is 13.5 Å². The molecule has 0 bridgehead atoms. The van der Waals surface area contributed by atoms with Crippen molar-refractivity contribution in [3.8, 4) is 16.9 Å². The van der Waals surface area contributed by atoms with Gasteiger partial charge in [0.15, 0.2) is 5.75 Å². The number of hydrogen-bond donors (Lipinski definition) is 3. The number of phenols is 1. The van der Waals surface area contributed by atoms with Crippen LogP contribution in [0.1, 0.15) is 39.2 Å². The lowest BCUT2D eigenvalue weighted by Crippen LogP contribution is -2.28. The number of unbranched alkanes of at least 4 members (excludes halogenated alkanes) is 1. The van der Waals surface area contributed by atoms with Crippen molar-refractivity contribution < 1.29 is 13.5 Å². The lowest BCUT2D eigenvalue weighted by Gasteiger charge is -2.18. The van der Waals surface area contributed by atoms with Crippen LogP contribution >= 0.6 is 0 Å². The van der Waals surface area contributed by atoms with Crippen molar-refractivity contribution in [3.05, 3.63) is 42.0 Å². The first-order valence-electron chi connectivity index (χ1n) is 8.97. The Hall–Kier alpha value is -2.05. The zero-order chi connectivity index (χ0) is 19.3. The molecule has 0 aromatic heterocycles. The number of aryl methyl sites for hydroxylation is 1. The van der Waals surface area contributed by atoms with Crippen LogP contribution in [0.4, 0.5) is 5.69 Å². The predicted octanol–water partition coefficient (Wildman–Crippen LogP) is 3.92. The van der Waals surface area contributed by atoms with Crippen LogP contribution in [0, 0.1) is 5.92 Å². The maximum Gasteiger partial charge on any atom is 0.244 e. The van der Waals surface area contributed by atoms with Crippen LogP contribution in [0.2, 0.25) is 0 Å². The summed E-state index contributed by atoms with van der Waals surface area (Å²) < 4.78 is 27.9. The first kappa shape index (κ1) is 20.3. The van der Waals surface area contributed by atoms with Crippen molar-refractivity contribution in [2.45, 2.75) is 44.9 Å². The topological polar surface area (TPSA) is 92.4 Å². The average Bonchev–Trinajstić information content (AvgIpc) is 2.61. The van der Waals surface area contributed by atoms with E-state index >= 15 is 0 Å². The molecule has 0 heterocycles. The molecule has 0 unspecified atom stereocenters. The van der Waals surface area contributed by atoms with Gasteiger partial charge in [0.2, 0.25) is 10.0 Å². The summed E-state index contributed by atoms with van der Waals surface area (Å²) in [6.45, 7) is 6.21. The molecule has 0 saturated heterocycles. The average molecular weight is 377 g/mol. The molecule has 142 valence electrons. The van der Waals surface area contributed by atoms with Crippen molar-refractivity contribution in [1.29, 1.82) is 0 Å². The maximum absolute atomic E-state index is 12.7. The first-order valence-corrected chi connectivity index (χ1v) is 10.5. The minimum absolute atomic E-state index is 0.106. The highest BCUT2D eigenvalue weighted by molar-refractivity contribution is 7.89. The van der Waals surface area contributed by atoms with Gasteiger partial charge in [-0.3, -0.25) is 0 Å². The molecule has 2 rings (SSSR count). The molecule has 0 saturated carbocycles. The van der Waals surface area contributed by atoms with Crippen LogP contribution in [-0.2, 0) is 16.4 Å². The van der Waals surface area contributed by atoms with Crippen molar-refractivity contribution in [2.75, 3.05) is 12.3 Å². The van der Waals surface area contributed by atoms with Crippen LogP contribution in [0.25, 0.3) is 11.1 Å². The molecular formula is C20H28N2O3S. The number of phenolic OH excluding ortho intramolecular Hbond substituents is 1. The number of sulfonamides is 1. The quantitative estimate of drug-likeness (QED) is 0.481. The number of nitrogen functional groups attached to an aromatic ring is 1. The Morgan fingerprint density at radius 3 is 2.42 bits per heavy atom. The summed E-state index contributed by atoms with van der Waals surface area (Å²) in [5.41, 5.74) is 8.71. The molecule has 0 atom stereocenters. The van der Waals surface area contributed by atoms with E-state index in [1.807, 2.05) is 44.2 Å². The van der Waals surface area contributed by atoms with E-state index in [4.69, 9.17) is 5.73 Å². The first-order chi connectivity index (χ1) is 12.3. The zero-order valence-electron chi connectivity index (χ0n) is 15.6. The summed E-state index contributed by atoms with van der Waals surface area (Å²) >= 11 is 0. The van der Waals surface area contributed by atoms with E-state index in [0.717, 1.165) is 24.0 Å². The number of rotatable bonds is 8. The van der Waals surface area contributed by atoms with E-state index in [0.29, 0.717) is 18.5 Å². The van der Waals surface area contributed by atoms with Crippen molar-refractivity contribution in [2.24, 2.45) is 5.92 Å². The van der Waals surface area contributed by atoms with Gasteiger partial charge in [0.25, 0.3) is 0 Å². The van der Waals surface area contributed by atoms with Crippen LogP contribution < -0.4 is 10.5 Å². The third-order valence-corrected chi connectivity index (χ3v) is 5.65. The summed E-state index contributed by atoms with van der Waals surface area (Å²) in [6, 6.07) is 11.1. The third kappa shape index (κ3) is 4.56. The summed E-state index contributed by atoms with van der Waals surface area (Å²) in [7, 11) is -3.84. The van der Waals surface area contributed by atoms with Gasteiger partial charge in [-0.1, -0.05) is 57.5 Å². The third-order valence-electron chi connectivity index (χ3n) is 4.22. The van der Waals surface area contributed by atoms with Crippen LogP contribution in [0.15, 0.2) is 41.3 Å². The van der Waals surface area contributed by atoms with Gasteiger partial charge < -0.3 is 10.8 Å². The van der Waals surface area contributed by atoms with E-state index < -0.39 is 10.0 Å². The lowest BCUT2D eigenvalue weighted by molar-refractivity contribution is 0.460. The Labute approximate surface area is 156 Å². The smallest absolute Gasteiger partial charge is 0.244 e. The zero-order valence-corrected chi connectivity index (χ0v) is 16.4. The summed E-state index contributed by atoms with van der Waals surface area (Å²) in [5.74, 6) is -0.229. The number of nitrogens with one attached hydrogen (secondary N) is 1. The molecule has 2 aromatic carbocycles. The number of aromatic hydroxyl groups is 1. The minimum atomic E-state index is -3.84. The monoisotopic (exact) mass is 376 g/mol. The van der Waals surface area contributed by atoms with Crippen LogP contribution in [0.5, 0.6) is 5.75 Å². The van der Waals surface area contributed by atoms with Gasteiger partial charge in [0, 0.05) is 12.1 Å². The molecule has 4 N–H and O–H groups in total. The van der Waals surface area contributed by atoms with Crippen molar-refractivity contribution in [1.82, 2.24) is 4.72 Å². The SMILES string of the molecule is CCCCc1cc(S(=O)(=O)NCC(C)C)c(O)c(N)c1-c1ccccc1. The Morgan fingerprint density at radius 2 is 1.85 bits per heavy atom. The molecule has 0 aliphatic heterocycles. The molecule has 0 radical (unpaired) electrons. The Morgan fingerprint density at radius 1 is 1.19 bits per heavy atom. The van der Waals surface area contributed by atoms with Crippen LogP contribution in [0.3, 0.4) is 0 Å². The summed E-state index contributed by atoms with van der Waals surface area (Å²) in [4.78, 5) is -0.151. The molecule has 6 heteroatoms. The van der Waals surface area contributed by atoms with Gasteiger partial charge in [0.1, 0.15) is 4.90 Å². The predicted molar refractivity (Wildman–Crippen MR) is 107 cm³/mol. The highest BCUT2D eigenvalue weighted by atomic mass is 32.2. The van der Waals surface area contributed by atoms with Gasteiger partial charge >= 0.3 is 0 Å². The van der Waals surface area contributed by atoms with Gasteiger partial charge in [-0.15, -0.1) is 0 Å². The van der Waals surface area contributed by atoms with Gasteiger partial charge in [0.05, 0.1) is 5.69 Å². The minimum Gasteiger partial charge on any atom is -0.504 e. The van der Waals surface area contributed by atoms with E-state index in [2.05, 4.69) is 11.6 Å². The second-order valence-corrected chi connectivity index (χ2v) is 8.62. The Bertz CT molecular complexity index is 847. The molecule has 0 amide bonds. The molecular weight excluding hydrogens is 348 g/mol. The molecule has 0 aliphatic carbocycles. The fourth-order valence-electron chi connectivity index (χ4n) is 2.79. The maximum atomic E-state index is 12.7.